The van der Waals surface area contributed by atoms with E-state index in [4.69, 9.17) is 14.2 Å². The highest BCUT2D eigenvalue weighted by Crippen LogP contribution is 2.18. The minimum atomic E-state index is -0.761. The summed E-state index contributed by atoms with van der Waals surface area (Å²) in [5.41, 5.74) is 0. The van der Waals surface area contributed by atoms with Gasteiger partial charge in [0.2, 0.25) is 0 Å². The second kappa shape index (κ2) is 44.9. The highest BCUT2D eigenvalue weighted by Gasteiger charge is 2.19. The van der Waals surface area contributed by atoms with Crippen molar-refractivity contribution >= 4 is 17.9 Å². The van der Waals surface area contributed by atoms with Crippen LogP contribution in [0.15, 0.2) is 0 Å². The molecule has 0 N–H and O–H groups in total. The van der Waals surface area contributed by atoms with Crippen molar-refractivity contribution in [2.75, 3.05) is 13.2 Å². The van der Waals surface area contributed by atoms with Crippen molar-refractivity contribution < 1.29 is 28.6 Å². The molecule has 58 heavy (non-hydrogen) atoms. The summed E-state index contributed by atoms with van der Waals surface area (Å²) in [5, 5.41) is 0. The zero-order chi connectivity index (χ0) is 42.6. The predicted octanol–water partition coefficient (Wildman–Crippen LogP) is 16.5. The number of hydrogen-bond donors (Lipinski definition) is 0. The molecule has 344 valence electrons. The number of ether oxygens (including phenoxy) is 3. The number of carbonyl (C=O) groups is 3. The minimum Gasteiger partial charge on any atom is -0.462 e. The molecule has 0 spiro atoms. The van der Waals surface area contributed by atoms with Crippen LogP contribution < -0.4 is 0 Å². The summed E-state index contributed by atoms with van der Waals surface area (Å²) in [6, 6.07) is 0. The van der Waals surface area contributed by atoms with Crippen molar-refractivity contribution in [3.63, 3.8) is 0 Å². The lowest BCUT2D eigenvalue weighted by Crippen LogP contribution is -2.30. The smallest absolute Gasteiger partial charge is 0.306 e. The standard InChI is InChI=1S/C52H100O6/c1-6-8-9-10-11-12-13-16-22-27-32-37-42-50(53)56-45-49(58-52(55)44-39-34-29-24-17-14-15-20-25-30-35-40-47(3)4)46-57-51(54)43-38-33-28-23-19-18-21-26-31-36-41-48(5)7-2/h47-49H,6-46H2,1-5H3/t48?,49-/m0/s1. The van der Waals surface area contributed by atoms with E-state index in [-0.39, 0.29) is 31.1 Å². The number of esters is 3. The van der Waals surface area contributed by atoms with Gasteiger partial charge in [-0.2, -0.15) is 0 Å². The Morgan fingerprint density at radius 3 is 0.983 bits per heavy atom. The molecule has 0 bridgehead atoms. The van der Waals surface area contributed by atoms with E-state index in [1.54, 1.807) is 0 Å². The summed E-state index contributed by atoms with van der Waals surface area (Å²) in [6.45, 7) is 11.4. The lowest BCUT2D eigenvalue weighted by Gasteiger charge is -2.18. The first kappa shape index (κ1) is 56.4. The molecule has 0 amide bonds. The van der Waals surface area contributed by atoms with Gasteiger partial charge in [-0.3, -0.25) is 14.4 Å². The second-order valence-electron chi connectivity index (χ2n) is 18.5. The summed E-state index contributed by atoms with van der Waals surface area (Å²) < 4.78 is 16.8. The van der Waals surface area contributed by atoms with E-state index in [1.807, 2.05) is 0 Å². The molecule has 0 aliphatic carbocycles. The number of hydrogen-bond acceptors (Lipinski definition) is 6. The Kier molecular flexibility index (Phi) is 43.7. The van der Waals surface area contributed by atoms with Gasteiger partial charge in [0.25, 0.3) is 0 Å². The van der Waals surface area contributed by atoms with E-state index in [0.29, 0.717) is 19.3 Å². The number of carbonyl (C=O) groups excluding carboxylic acids is 3. The molecule has 6 heteroatoms. The molecule has 6 nitrogen and oxygen atoms in total. The van der Waals surface area contributed by atoms with Gasteiger partial charge in [0.1, 0.15) is 13.2 Å². The summed E-state index contributed by atoms with van der Waals surface area (Å²) in [6.07, 6.45) is 45.0. The number of rotatable bonds is 46. The fourth-order valence-corrected chi connectivity index (χ4v) is 7.78. The van der Waals surface area contributed by atoms with Gasteiger partial charge in [0.05, 0.1) is 0 Å². The maximum atomic E-state index is 12.8. The van der Waals surface area contributed by atoms with E-state index in [2.05, 4.69) is 34.6 Å². The lowest BCUT2D eigenvalue weighted by molar-refractivity contribution is -0.167. The maximum Gasteiger partial charge on any atom is 0.306 e. The fraction of sp³-hybridized carbons (Fsp3) is 0.942. The van der Waals surface area contributed by atoms with Gasteiger partial charge in [-0.05, 0) is 31.1 Å². The summed E-state index contributed by atoms with van der Waals surface area (Å²) in [5.74, 6) is 0.846. The third kappa shape index (κ3) is 44.0. The molecule has 0 aliphatic heterocycles. The van der Waals surface area contributed by atoms with Crippen LogP contribution in [-0.4, -0.2) is 37.2 Å². The molecule has 0 saturated heterocycles. The first-order chi connectivity index (χ1) is 28.3. The van der Waals surface area contributed by atoms with Gasteiger partial charge < -0.3 is 14.2 Å². The third-order valence-corrected chi connectivity index (χ3v) is 12.1. The van der Waals surface area contributed by atoms with Crippen LogP contribution in [0.4, 0.5) is 0 Å². The first-order valence-electron chi connectivity index (χ1n) is 25.8. The summed E-state index contributed by atoms with van der Waals surface area (Å²) >= 11 is 0. The molecular weight excluding hydrogens is 721 g/mol. The van der Waals surface area contributed by atoms with Crippen LogP contribution >= 0.6 is 0 Å². The first-order valence-corrected chi connectivity index (χ1v) is 25.8. The molecule has 1 unspecified atom stereocenters. The largest absolute Gasteiger partial charge is 0.462 e. The second-order valence-corrected chi connectivity index (χ2v) is 18.5. The summed E-state index contributed by atoms with van der Waals surface area (Å²) in [4.78, 5) is 37.9. The van der Waals surface area contributed by atoms with E-state index in [9.17, 15) is 14.4 Å². The molecule has 0 aromatic carbocycles. The van der Waals surface area contributed by atoms with Crippen molar-refractivity contribution in [2.24, 2.45) is 11.8 Å². The lowest BCUT2D eigenvalue weighted by atomic mass is 9.99. The molecule has 0 heterocycles. The van der Waals surface area contributed by atoms with E-state index in [0.717, 1.165) is 69.6 Å². The van der Waals surface area contributed by atoms with Gasteiger partial charge in [0.15, 0.2) is 6.10 Å². The van der Waals surface area contributed by atoms with Crippen molar-refractivity contribution in [3.05, 3.63) is 0 Å². The summed E-state index contributed by atoms with van der Waals surface area (Å²) in [7, 11) is 0. The molecule has 0 radical (unpaired) electrons. The zero-order valence-electron chi connectivity index (χ0n) is 39.7. The van der Waals surface area contributed by atoms with E-state index >= 15 is 0 Å². The molecule has 0 rings (SSSR count). The molecule has 0 saturated carbocycles. The average molecular weight is 821 g/mol. The fourth-order valence-electron chi connectivity index (χ4n) is 7.78. The van der Waals surface area contributed by atoms with Gasteiger partial charge in [-0.25, -0.2) is 0 Å². The average Bonchev–Trinajstić information content (AvgIpc) is 3.21. The Balaban J connectivity index is 4.33. The Labute approximate surface area is 361 Å². The molecule has 0 aromatic heterocycles. The minimum absolute atomic E-state index is 0.0638. The van der Waals surface area contributed by atoms with Gasteiger partial charge in [0, 0.05) is 19.3 Å². The van der Waals surface area contributed by atoms with Crippen LogP contribution in [0.3, 0.4) is 0 Å². The Bertz CT molecular complexity index is 887. The maximum absolute atomic E-state index is 12.8. The quantitative estimate of drug-likeness (QED) is 0.0346. The molecular formula is C52H100O6. The van der Waals surface area contributed by atoms with Crippen LogP contribution in [0.5, 0.6) is 0 Å². The van der Waals surface area contributed by atoms with Crippen molar-refractivity contribution in [2.45, 2.75) is 291 Å². The highest BCUT2D eigenvalue weighted by atomic mass is 16.6. The van der Waals surface area contributed by atoms with Crippen molar-refractivity contribution in [1.29, 1.82) is 0 Å². The van der Waals surface area contributed by atoms with Gasteiger partial charge >= 0.3 is 17.9 Å². The molecule has 2 atom stereocenters. The SMILES string of the molecule is CCCCCCCCCCCCCCC(=O)OC[C@@H](COC(=O)CCCCCCCCCCCCC(C)CC)OC(=O)CCCCCCCCCCCCCC(C)C. The monoisotopic (exact) mass is 821 g/mol. The topological polar surface area (TPSA) is 78.9 Å². The molecule has 0 aliphatic rings. The zero-order valence-corrected chi connectivity index (χ0v) is 39.7. The van der Waals surface area contributed by atoms with Crippen LogP contribution in [0.25, 0.3) is 0 Å². The molecule has 0 fully saturated rings. The third-order valence-electron chi connectivity index (χ3n) is 12.1. The van der Waals surface area contributed by atoms with Crippen LogP contribution in [-0.2, 0) is 28.6 Å². The predicted molar refractivity (Wildman–Crippen MR) is 247 cm³/mol. The van der Waals surface area contributed by atoms with Crippen molar-refractivity contribution in [1.82, 2.24) is 0 Å². The number of unbranched alkanes of at least 4 members (excludes halogenated alkanes) is 30. The van der Waals surface area contributed by atoms with Crippen LogP contribution in [0, 0.1) is 11.8 Å². The van der Waals surface area contributed by atoms with Crippen LogP contribution in [0.1, 0.15) is 285 Å². The normalized spacial score (nSPS) is 12.5. The Morgan fingerprint density at radius 2 is 0.655 bits per heavy atom. The highest BCUT2D eigenvalue weighted by molar-refractivity contribution is 5.71. The Hall–Kier alpha value is -1.59. The molecule has 0 aromatic rings. The van der Waals surface area contributed by atoms with Gasteiger partial charge in [-0.1, -0.05) is 247 Å². The van der Waals surface area contributed by atoms with Crippen molar-refractivity contribution in [3.8, 4) is 0 Å². The Morgan fingerprint density at radius 1 is 0.362 bits per heavy atom. The van der Waals surface area contributed by atoms with E-state index < -0.39 is 6.10 Å². The van der Waals surface area contributed by atoms with Gasteiger partial charge in [-0.15, -0.1) is 0 Å². The van der Waals surface area contributed by atoms with Crippen LogP contribution in [0.2, 0.25) is 0 Å². The van der Waals surface area contributed by atoms with E-state index in [1.165, 1.54) is 173 Å².